The Bertz CT molecular complexity index is 789. The van der Waals surface area contributed by atoms with Gasteiger partial charge in [-0.05, 0) is 43.5 Å². The molecule has 2 rings (SSSR count). The van der Waals surface area contributed by atoms with E-state index in [0.717, 1.165) is 29.2 Å². The van der Waals surface area contributed by atoms with E-state index >= 15 is 0 Å². The average Bonchev–Trinajstić information content (AvgIpc) is 2.64. The Balaban J connectivity index is 2.08. The highest BCUT2D eigenvalue weighted by atomic mass is 19.4. The van der Waals surface area contributed by atoms with Crippen molar-refractivity contribution in [1.29, 1.82) is 0 Å². The number of piperidine rings is 1. The molecule has 1 aromatic carbocycles. The Labute approximate surface area is 169 Å². The zero-order valence-electron chi connectivity index (χ0n) is 16.5. The molecule has 0 radical (unpaired) electrons. The largest absolute Gasteiger partial charge is 0.426 e. The highest BCUT2D eigenvalue weighted by Gasteiger charge is 2.57. The van der Waals surface area contributed by atoms with Crippen molar-refractivity contribution in [1.82, 2.24) is 9.80 Å². The number of nitrogens with zero attached hydrogens (tertiary/aromatic N) is 2. The first-order valence-corrected chi connectivity index (χ1v) is 9.10. The molecule has 1 heterocycles. The third-order valence-electron chi connectivity index (χ3n) is 5.39. The van der Waals surface area contributed by atoms with Gasteiger partial charge in [0.05, 0.1) is 5.56 Å². The Morgan fingerprint density at radius 1 is 1.10 bits per heavy atom. The van der Waals surface area contributed by atoms with Crippen molar-refractivity contribution in [2.24, 2.45) is 5.92 Å². The van der Waals surface area contributed by atoms with Gasteiger partial charge in [0.15, 0.2) is 0 Å². The molecule has 0 saturated carbocycles. The fraction of sp³-hybridized carbons (Fsp3) is 0.579. The van der Waals surface area contributed by atoms with Gasteiger partial charge in [-0.1, -0.05) is 6.92 Å². The molecule has 3 atom stereocenters. The van der Waals surface area contributed by atoms with Crippen molar-refractivity contribution in [2.75, 3.05) is 20.1 Å². The lowest BCUT2D eigenvalue weighted by Crippen LogP contribution is -2.60. The summed E-state index contributed by atoms with van der Waals surface area (Å²) in [6.45, 7) is 1.82. The highest BCUT2D eigenvalue weighted by molar-refractivity contribution is 5.94. The van der Waals surface area contributed by atoms with Crippen LogP contribution >= 0.6 is 0 Å². The minimum absolute atomic E-state index is 0.0382. The summed E-state index contributed by atoms with van der Waals surface area (Å²) in [5.41, 5.74) is -4.36. The summed E-state index contributed by atoms with van der Waals surface area (Å²) in [4.78, 5) is 27.0. The molecule has 1 aromatic rings. The molecular formula is C19H22F6N2O3. The molecule has 3 unspecified atom stereocenters. The minimum Gasteiger partial charge on any atom is -0.373 e. The maximum Gasteiger partial charge on any atom is 0.426 e. The Morgan fingerprint density at radius 2 is 1.63 bits per heavy atom. The van der Waals surface area contributed by atoms with Crippen molar-refractivity contribution < 1.29 is 41.0 Å². The Kier molecular flexibility index (Phi) is 6.46. The lowest BCUT2D eigenvalue weighted by molar-refractivity contribution is -0.251. The topological polar surface area (TPSA) is 60.9 Å². The standard InChI is InChI=1S/C19H22F6N2O3/c1-11-10-27(16(29)17(2,30)19(23,24)25)9-8-14(11)26(3)15(28)12-4-6-13(7-5-12)18(20,21)22/h4-7,11,14,30H,8-10H2,1-3H3. The number of carbonyl (C=O) groups is 2. The van der Waals surface area contributed by atoms with Gasteiger partial charge in [0.1, 0.15) is 0 Å². The number of amides is 2. The van der Waals surface area contributed by atoms with Crippen LogP contribution in [0.25, 0.3) is 0 Å². The Morgan fingerprint density at radius 3 is 2.07 bits per heavy atom. The van der Waals surface area contributed by atoms with E-state index in [-0.39, 0.29) is 25.1 Å². The van der Waals surface area contributed by atoms with Crippen LogP contribution in [0.15, 0.2) is 24.3 Å². The number of alkyl halides is 6. The highest BCUT2D eigenvalue weighted by Crippen LogP contribution is 2.34. The summed E-state index contributed by atoms with van der Waals surface area (Å²) < 4.78 is 76.7. The van der Waals surface area contributed by atoms with Crippen molar-refractivity contribution in [3.8, 4) is 0 Å². The van der Waals surface area contributed by atoms with Gasteiger partial charge in [-0.2, -0.15) is 26.3 Å². The quantitative estimate of drug-likeness (QED) is 0.734. The van der Waals surface area contributed by atoms with Crippen LogP contribution in [0.3, 0.4) is 0 Å². The fourth-order valence-electron chi connectivity index (χ4n) is 3.48. The predicted octanol–water partition coefficient (Wildman–Crippen LogP) is 3.33. The van der Waals surface area contributed by atoms with Gasteiger partial charge in [-0.25, -0.2) is 0 Å². The van der Waals surface area contributed by atoms with E-state index in [1.54, 1.807) is 6.92 Å². The van der Waals surface area contributed by atoms with Crippen LogP contribution in [0.4, 0.5) is 26.3 Å². The van der Waals surface area contributed by atoms with Crippen LogP contribution in [0, 0.1) is 5.92 Å². The van der Waals surface area contributed by atoms with E-state index in [1.807, 2.05) is 0 Å². The SMILES string of the molecule is CC1CN(C(=O)C(C)(O)C(F)(F)F)CCC1N(C)C(=O)c1ccc(C(F)(F)F)cc1. The molecule has 168 valence electrons. The summed E-state index contributed by atoms with van der Waals surface area (Å²) in [7, 11) is 1.45. The van der Waals surface area contributed by atoms with E-state index in [2.05, 4.69) is 0 Å². The lowest BCUT2D eigenvalue weighted by atomic mass is 9.90. The van der Waals surface area contributed by atoms with Crippen molar-refractivity contribution in [3.63, 3.8) is 0 Å². The lowest BCUT2D eigenvalue weighted by Gasteiger charge is -2.43. The van der Waals surface area contributed by atoms with Gasteiger partial charge < -0.3 is 14.9 Å². The van der Waals surface area contributed by atoms with Crippen LogP contribution in [-0.4, -0.2) is 64.7 Å². The monoisotopic (exact) mass is 440 g/mol. The predicted molar refractivity (Wildman–Crippen MR) is 94.4 cm³/mol. The normalized spacial score (nSPS) is 22.4. The zero-order valence-corrected chi connectivity index (χ0v) is 16.5. The molecule has 1 saturated heterocycles. The number of hydrogen-bond donors (Lipinski definition) is 1. The number of likely N-dealkylation sites (tertiary alicyclic amines) is 1. The van der Waals surface area contributed by atoms with Crippen LogP contribution in [0.5, 0.6) is 0 Å². The zero-order chi connectivity index (χ0) is 23.1. The molecule has 0 aliphatic carbocycles. The maximum absolute atomic E-state index is 12.9. The molecule has 1 fully saturated rings. The van der Waals surface area contributed by atoms with Crippen molar-refractivity contribution >= 4 is 11.8 Å². The van der Waals surface area contributed by atoms with E-state index in [9.17, 15) is 41.0 Å². The second-order valence-corrected chi connectivity index (χ2v) is 7.65. The average molecular weight is 440 g/mol. The molecular weight excluding hydrogens is 418 g/mol. The minimum atomic E-state index is -5.13. The van der Waals surface area contributed by atoms with E-state index in [0.29, 0.717) is 6.92 Å². The summed E-state index contributed by atoms with van der Waals surface area (Å²) in [5, 5.41) is 9.59. The van der Waals surface area contributed by atoms with Crippen LogP contribution in [0.2, 0.25) is 0 Å². The molecule has 0 aromatic heterocycles. The summed E-state index contributed by atoms with van der Waals surface area (Å²) >= 11 is 0. The van der Waals surface area contributed by atoms with Gasteiger partial charge in [0, 0.05) is 31.7 Å². The molecule has 30 heavy (non-hydrogen) atoms. The molecule has 1 aliphatic rings. The summed E-state index contributed by atoms with van der Waals surface area (Å²) in [5.74, 6) is -2.42. The Hall–Kier alpha value is -2.30. The molecule has 1 aliphatic heterocycles. The molecule has 0 bridgehead atoms. The number of carbonyl (C=O) groups excluding carboxylic acids is 2. The number of aliphatic hydroxyl groups is 1. The van der Waals surface area contributed by atoms with Gasteiger partial charge in [-0.15, -0.1) is 0 Å². The molecule has 2 amide bonds. The van der Waals surface area contributed by atoms with Gasteiger partial charge in [0.2, 0.25) is 5.60 Å². The summed E-state index contributed by atoms with van der Waals surface area (Å²) in [6, 6.07) is 3.27. The van der Waals surface area contributed by atoms with E-state index < -0.39 is 47.3 Å². The van der Waals surface area contributed by atoms with Crippen LogP contribution in [-0.2, 0) is 11.0 Å². The first-order chi connectivity index (χ1) is 13.6. The second-order valence-electron chi connectivity index (χ2n) is 7.65. The van der Waals surface area contributed by atoms with Crippen molar-refractivity contribution in [2.45, 2.75) is 44.3 Å². The molecule has 0 spiro atoms. The number of benzene rings is 1. The third-order valence-corrected chi connectivity index (χ3v) is 5.39. The van der Waals surface area contributed by atoms with Crippen molar-refractivity contribution in [3.05, 3.63) is 35.4 Å². The fourth-order valence-corrected chi connectivity index (χ4v) is 3.48. The first kappa shape index (κ1) is 24.0. The third kappa shape index (κ3) is 4.71. The molecule has 1 N–H and O–H groups in total. The summed E-state index contributed by atoms with van der Waals surface area (Å²) in [6.07, 6.45) is -9.50. The number of rotatable bonds is 3. The van der Waals surface area contributed by atoms with Crippen LogP contribution < -0.4 is 0 Å². The first-order valence-electron chi connectivity index (χ1n) is 9.10. The van der Waals surface area contributed by atoms with Gasteiger partial charge >= 0.3 is 12.4 Å². The molecule has 11 heteroatoms. The smallest absolute Gasteiger partial charge is 0.373 e. The molecule has 5 nitrogen and oxygen atoms in total. The number of halogens is 6. The van der Waals surface area contributed by atoms with E-state index in [1.165, 1.54) is 11.9 Å². The van der Waals surface area contributed by atoms with Gasteiger partial charge in [-0.3, -0.25) is 9.59 Å². The number of hydrogen-bond acceptors (Lipinski definition) is 3. The van der Waals surface area contributed by atoms with Crippen LogP contribution in [0.1, 0.15) is 36.2 Å². The second kappa shape index (κ2) is 8.09. The van der Waals surface area contributed by atoms with E-state index in [4.69, 9.17) is 0 Å². The van der Waals surface area contributed by atoms with Gasteiger partial charge in [0.25, 0.3) is 11.8 Å². The maximum atomic E-state index is 12.9.